The van der Waals surface area contributed by atoms with E-state index in [0.717, 1.165) is 18.1 Å². The van der Waals surface area contributed by atoms with Crippen LogP contribution in [0.1, 0.15) is 18.3 Å². The molecule has 0 aliphatic heterocycles. The Kier molecular flexibility index (Phi) is 3.46. The molecule has 0 atom stereocenters. The molecular formula is C14H18N4. The number of benzene rings is 1. The molecule has 1 aromatic carbocycles. The molecule has 1 aromatic heterocycles. The minimum absolute atomic E-state index is 0.503. The van der Waals surface area contributed by atoms with Crippen LogP contribution in [0, 0.1) is 13.8 Å². The Morgan fingerprint density at radius 3 is 2.56 bits per heavy atom. The number of hydrogen-bond donors (Lipinski definition) is 1. The summed E-state index contributed by atoms with van der Waals surface area (Å²) in [6.45, 7) is 6.86. The zero-order chi connectivity index (χ0) is 13.1. The summed E-state index contributed by atoms with van der Waals surface area (Å²) in [6.07, 6.45) is 0. The molecule has 0 amide bonds. The molecule has 0 fully saturated rings. The third-order valence-electron chi connectivity index (χ3n) is 2.75. The number of hydrogen-bond acceptors (Lipinski definition) is 4. The summed E-state index contributed by atoms with van der Waals surface area (Å²) in [4.78, 5) is 10.7. The van der Waals surface area contributed by atoms with Crippen molar-refractivity contribution < 1.29 is 0 Å². The number of rotatable bonds is 3. The normalized spacial score (nSPS) is 10.4. The first-order chi connectivity index (χ1) is 8.60. The average Bonchev–Trinajstić information content (AvgIpc) is 2.28. The van der Waals surface area contributed by atoms with Crippen molar-refractivity contribution in [2.24, 2.45) is 0 Å². The molecule has 0 aliphatic rings. The summed E-state index contributed by atoms with van der Waals surface area (Å²) in [5.41, 5.74) is 8.13. The molecule has 2 N–H and O–H groups in total. The fraction of sp³-hybridized carbons (Fsp3) is 0.286. The second kappa shape index (κ2) is 5.04. The Hall–Kier alpha value is -2.10. The Morgan fingerprint density at radius 1 is 1.17 bits per heavy atom. The monoisotopic (exact) mass is 242 g/mol. The van der Waals surface area contributed by atoms with Crippen molar-refractivity contribution in [1.29, 1.82) is 0 Å². The van der Waals surface area contributed by atoms with Gasteiger partial charge < -0.3 is 10.6 Å². The highest BCUT2D eigenvalue weighted by Gasteiger charge is 2.10. The van der Waals surface area contributed by atoms with E-state index in [9.17, 15) is 0 Å². The molecule has 0 radical (unpaired) electrons. The van der Waals surface area contributed by atoms with E-state index < -0.39 is 0 Å². The zero-order valence-electron chi connectivity index (χ0n) is 11.0. The maximum Gasteiger partial charge on any atom is 0.138 e. The fourth-order valence-corrected chi connectivity index (χ4v) is 1.99. The lowest BCUT2D eigenvalue weighted by Gasteiger charge is -2.22. The number of nitrogens with zero attached hydrogens (tertiary/aromatic N) is 3. The zero-order valence-corrected chi connectivity index (χ0v) is 11.0. The molecule has 4 heteroatoms. The van der Waals surface area contributed by atoms with E-state index in [-0.39, 0.29) is 0 Å². The highest BCUT2D eigenvalue weighted by molar-refractivity contribution is 5.62. The van der Waals surface area contributed by atoms with Gasteiger partial charge in [0, 0.05) is 18.3 Å². The van der Waals surface area contributed by atoms with Crippen molar-refractivity contribution in [2.45, 2.75) is 20.8 Å². The quantitative estimate of drug-likeness (QED) is 0.899. The van der Waals surface area contributed by atoms with E-state index in [1.807, 2.05) is 13.0 Å². The minimum atomic E-state index is 0.503. The molecule has 0 aliphatic carbocycles. The van der Waals surface area contributed by atoms with E-state index in [2.05, 4.69) is 46.9 Å². The van der Waals surface area contributed by atoms with Crippen LogP contribution in [0.5, 0.6) is 0 Å². The standard InChI is InChI=1S/C14H18N4/c1-4-18(12-7-5-6-10(2)8-12)14-9-13(15)16-11(3)17-14/h5-9H,4H2,1-3H3,(H2,15,16,17). The molecule has 4 nitrogen and oxygen atoms in total. The average molecular weight is 242 g/mol. The van der Waals surface area contributed by atoms with Gasteiger partial charge in [-0.15, -0.1) is 0 Å². The molecule has 0 bridgehead atoms. The van der Waals surface area contributed by atoms with Gasteiger partial charge in [-0.3, -0.25) is 0 Å². The highest BCUT2D eigenvalue weighted by Crippen LogP contribution is 2.25. The SMILES string of the molecule is CCN(c1cccc(C)c1)c1cc(N)nc(C)n1. The molecule has 1 heterocycles. The van der Waals surface area contributed by atoms with E-state index in [1.54, 1.807) is 6.07 Å². The van der Waals surface area contributed by atoms with Gasteiger partial charge in [0.1, 0.15) is 17.5 Å². The van der Waals surface area contributed by atoms with Gasteiger partial charge >= 0.3 is 0 Å². The van der Waals surface area contributed by atoms with Crippen molar-refractivity contribution >= 4 is 17.3 Å². The Morgan fingerprint density at radius 2 is 1.94 bits per heavy atom. The van der Waals surface area contributed by atoms with E-state index in [0.29, 0.717) is 11.6 Å². The Bertz CT molecular complexity index is 531. The van der Waals surface area contributed by atoms with Crippen molar-refractivity contribution in [1.82, 2.24) is 9.97 Å². The van der Waals surface area contributed by atoms with E-state index in [4.69, 9.17) is 5.73 Å². The van der Waals surface area contributed by atoms with Crippen molar-refractivity contribution in [3.05, 3.63) is 41.7 Å². The first kappa shape index (κ1) is 12.4. The summed E-state index contributed by atoms with van der Waals surface area (Å²) >= 11 is 0. The lowest BCUT2D eigenvalue weighted by molar-refractivity contribution is 0.954. The first-order valence-electron chi connectivity index (χ1n) is 6.05. The predicted octanol–water partition coefficient (Wildman–Crippen LogP) is 2.83. The minimum Gasteiger partial charge on any atom is -0.384 e. The van der Waals surface area contributed by atoms with Crippen molar-refractivity contribution in [3.63, 3.8) is 0 Å². The molecule has 0 saturated carbocycles. The van der Waals surface area contributed by atoms with Gasteiger partial charge in [0.05, 0.1) is 0 Å². The molecule has 18 heavy (non-hydrogen) atoms. The van der Waals surface area contributed by atoms with Gasteiger partial charge in [-0.25, -0.2) is 9.97 Å². The summed E-state index contributed by atoms with van der Waals surface area (Å²) in [5, 5.41) is 0. The second-order valence-corrected chi connectivity index (χ2v) is 4.28. The van der Waals surface area contributed by atoms with Crippen LogP contribution >= 0.6 is 0 Å². The van der Waals surface area contributed by atoms with Gasteiger partial charge in [-0.2, -0.15) is 0 Å². The van der Waals surface area contributed by atoms with E-state index in [1.165, 1.54) is 5.56 Å². The largest absolute Gasteiger partial charge is 0.384 e. The van der Waals surface area contributed by atoms with Crippen LogP contribution in [0.3, 0.4) is 0 Å². The molecule has 0 spiro atoms. The van der Waals surface area contributed by atoms with Gasteiger partial charge in [0.15, 0.2) is 0 Å². The Labute approximate surface area is 107 Å². The van der Waals surface area contributed by atoms with Gasteiger partial charge in [-0.05, 0) is 38.5 Å². The van der Waals surface area contributed by atoms with Crippen LogP contribution in [0.4, 0.5) is 17.3 Å². The maximum atomic E-state index is 5.78. The van der Waals surface area contributed by atoms with Gasteiger partial charge in [-0.1, -0.05) is 12.1 Å². The van der Waals surface area contributed by atoms with Crippen molar-refractivity contribution in [2.75, 3.05) is 17.2 Å². The molecular weight excluding hydrogens is 224 g/mol. The van der Waals surface area contributed by atoms with Crippen molar-refractivity contribution in [3.8, 4) is 0 Å². The smallest absolute Gasteiger partial charge is 0.138 e. The maximum absolute atomic E-state index is 5.78. The van der Waals surface area contributed by atoms with E-state index >= 15 is 0 Å². The van der Waals surface area contributed by atoms with Crippen LogP contribution in [-0.4, -0.2) is 16.5 Å². The highest BCUT2D eigenvalue weighted by atomic mass is 15.2. The predicted molar refractivity (Wildman–Crippen MR) is 75.0 cm³/mol. The van der Waals surface area contributed by atoms with Crippen LogP contribution in [0.2, 0.25) is 0 Å². The summed E-state index contributed by atoms with van der Waals surface area (Å²) in [7, 11) is 0. The summed E-state index contributed by atoms with van der Waals surface area (Å²) < 4.78 is 0. The van der Waals surface area contributed by atoms with Gasteiger partial charge in [0.2, 0.25) is 0 Å². The molecule has 2 aromatic rings. The summed E-state index contributed by atoms with van der Waals surface area (Å²) in [6, 6.07) is 10.1. The lowest BCUT2D eigenvalue weighted by Crippen LogP contribution is -2.18. The fourth-order valence-electron chi connectivity index (χ4n) is 1.99. The number of nitrogen functional groups attached to an aromatic ring is 1. The Balaban J connectivity index is 2.45. The number of aromatic nitrogens is 2. The third kappa shape index (κ3) is 2.59. The summed E-state index contributed by atoms with van der Waals surface area (Å²) in [5.74, 6) is 2.04. The van der Waals surface area contributed by atoms with Crippen LogP contribution < -0.4 is 10.6 Å². The first-order valence-corrected chi connectivity index (χ1v) is 6.05. The second-order valence-electron chi connectivity index (χ2n) is 4.28. The number of aryl methyl sites for hydroxylation is 2. The number of nitrogens with two attached hydrogens (primary N) is 1. The third-order valence-corrected chi connectivity index (χ3v) is 2.75. The van der Waals surface area contributed by atoms with Crippen LogP contribution in [0.25, 0.3) is 0 Å². The number of anilines is 3. The molecule has 94 valence electrons. The van der Waals surface area contributed by atoms with Crippen LogP contribution in [0.15, 0.2) is 30.3 Å². The lowest BCUT2D eigenvalue weighted by atomic mass is 10.2. The topological polar surface area (TPSA) is 55.0 Å². The van der Waals surface area contributed by atoms with Gasteiger partial charge in [0.25, 0.3) is 0 Å². The molecule has 2 rings (SSSR count). The molecule has 0 saturated heterocycles. The molecule has 0 unspecified atom stereocenters. The van der Waals surface area contributed by atoms with Crippen LogP contribution in [-0.2, 0) is 0 Å².